The van der Waals surface area contributed by atoms with Crippen LogP contribution in [0.25, 0.3) is 0 Å². The van der Waals surface area contributed by atoms with Gasteiger partial charge in [0.2, 0.25) is 0 Å². The van der Waals surface area contributed by atoms with E-state index in [9.17, 15) is 0 Å². The Hall–Kier alpha value is -2.47. The molecule has 0 bridgehead atoms. The van der Waals surface area contributed by atoms with Crippen LogP contribution in [0.2, 0.25) is 0 Å². The van der Waals surface area contributed by atoms with E-state index < -0.39 is 0 Å². The summed E-state index contributed by atoms with van der Waals surface area (Å²) in [5, 5.41) is 8.83. The topological polar surface area (TPSA) is 59.0 Å². The van der Waals surface area contributed by atoms with E-state index in [0.29, 0.717) is 22.9 Å². The van der Waals surface area contributed by atoms with Crippen LogP contribution in [0.4, 0.5) is 5.69 Å². The summed E-state index contributed by atoms with van der Waals surface area (Å²) in [6.45, 7) is 4.28. The van der Waals surface area contributed by atoms with Crippen molar-refractivity contribution in [2.75, 3.05) is 5.73 Å². The van der Waals surface area contributed by atoms with Gasteiger partial charge in [-0.05, 0) is 35.7 Å². The second kappa shape index (κ2) is 5.45. The number of anilines is 1. The Labute approximate surface area is 113 Å². The van der Waals surface area contributed by atoms with Crippen LogP contribution < -0.4 is 10.5 Å². The predicted octanol–water partition coefficient (Wildman–Crippen LogP) is 4.06. The molecule has 0 aliphatic heterocycles. The standard InChI is InChI=1S/C16H16N2O/c1-11(2)12-4-3-5-14(8-12)19-15-7-6-13(10-17)16(18)9-15/h3-9,11H,18H2,1-2H3. The SMILES string of the molecule is CC(C)c1cccc(Oc2ccc(C#N)c(N)c2)c1. The third-order valence-electron chi connectivity index (χ3n) is 2.90. The maximum Gasteiger partial charge on any atom is 0.129 e. The Morgan fingerprint density at radius 1 is 1.11 bits per heavy atom. The molecular weight excluding hydrogens is 236 g/mol. The number of hydrogen-bond acceptors (Lipinski definition) is 3. The van der Waals surface area contributed by atoms with Crippen molar-refractivity contribution in [2.24, 2.45) is 0 Å². The summed E-state index contributed by atoms with van der Waals surface area (Å²) in [5.41, 5.74) is 7.87. The first-order valence-corrected chi connectivity index (χ1v) is 6.17. The molecule has 19 heavy (non-hydrogen) atoms. The van der Waals surface area contributed by atoms with Crippen molar-refractivity contribution in [1.29, 1.82) is 5.26 Å². The molecule has 0 atom stereocenters. The van der Waals surface area contributed by atoms with Gasteiger partial charge in [0, 0.05) is 6.07 Å². The molecule has 0 aromatic heterocycles. The van der Waals surface area contributed by atoms with E-state index in [1.54, 1.807) is 18.2 Å². The van der Waals surface area contributed by atoms with E-state index in [4.69, 9.17) is 15.7 Å². The van der Waals surface area contributed by atoms with Crippen LogP contribution in [-0.2, 0) is 0 Å². The minimum absolute atomic E-state index is 0.431. The molecule has 0 aliphatic rings. The van der Waals surface area contributed by atoms with Gasteiger partial charge in [0.05, 0.1) is 11.3 Å². The van der Waals surface area contributed by atoms with Gasteiger partial charge in [0.15, 0.2) is 0 Å². The van der Waals surface area contributed by atoms with Crippen molar-refractivity contribution in [3.05, 3.63) is 53.6 Å². The quantitative estimate of drug-likeness (QED) is 0.838. The van der Waals surface area contributed by atoms with Crippen LogP contribution in [0.15, 0.2) is 42.5 Å². The monoisotopic (exact) mass is 252 g/mol. The summed E-state index contributed by atoms with van der Waals surface area (Å²) >= 11 is 0. The Morgan fingerprint density at radius 2 is 1.84 bits per heavy atom. The number of hydrogen-bond donors (Lipinski definition) is 1. The third kappa shape index (κ3) is 3.05. The number of nitrogen functional groups attached to an aromatic ring is 1. The van der Waals surface area contributed by atoms with E-state index >= 15 is 0 Å². The van der Waals surface area contributed by atoms with E-state index in [2.05, 4.69) is 19.9 Å². The van der Waals surface area contributed by atoms with Gasteiger partial charge in [-0.2, -0.15) is 5.26 Å². The summed E-state index contributed by atoms with van der Waals surface area (Å²) in [5.74, 6) is 1.86. The molecule has 0 saturated heterocycles. The zero-order valence-electron chi connectivity index (χ0n) is 11.1. The van der Waals surface area contributed by atoms with Gasteiger partial charge in [-0.25, -0.2) is 0 Å². The van der Waals surface area contributed by atoms with Crippen molar-refractivity contribution in [3.8, 4) is 17.6 Å². The van der Waals surface area contributed by atoms with Crippen LogP contribution in [0.3, 0.4) is 0 Å². The zero-order valence-corrected chi connectivity index (χ0v) is 11.1. The fourth-order valence-corrected chi connectivity index (χ4v) is 1.78. The highest BCUT2D eigenvalue weighted by Gasteiger charge is 2.04. The fraction of sp³-hybridized carbons (Fsp3) is 0.188. The summed E-state index contributed by atoms with van der Waals surface area (Å²) < 4.78 is 5.76. The van der Waals surface area contributed by atoms with E-state index in [0.717, 1.165) is 5.75 Å². The number of benzene rings is 2. The van der Waals surface area contributed by atoms with Gasteiger partial charge < -0.3 is 10.5 Å². The third-order valence-corrected chi connectivity index (χ3v) is 2.90. The van der Waals surface area contributed by atoms with Crippen LogP contribution in [0.1, 0.15) is 30.9 Å². The molecule has 0 saturated carbocycles. The Bertz CT molecular complexity index is 627. The smallest absolute Gasteiger partial charge is 0.129 e. The minimum atomic E-state index is 0.431. The van der Waals surface area contributed by atoms with Crippen molar-refractivity contribution < 1.29 is 4.74 Å². The maximum absolute atomic E-state index is 8.83. The number of nitrogens with two attached hydrogens (primary N) is 1. The largest absolute Gasteiger partial charge is 0.457 e. The second-order valence-electron chi connectivity index (χ2n) is 4.69. The summed E-state index contributed by atoms with van der Waals surface area (Å²) in [4.78, 5) is 0. The molecule has 2 aromatic rings. The Morgan fingerprint density at radius 3 is 2.47 bits per heavy atom. The zero-order chi connectivity index (χ0) is 13.8. The highest BCUT2D eigenvalue weighted by atomic mass is 16.5. The average Bonchev–Trinajstić information content (AvgIpc) is 2.39. The molecule has 0 amide bonds. The van der Waals surface area contributed by atoms with Crippen molar-refractivity contribution in [2.45, 2.75) is 19.8 Å². The van der Waals surface area contributed by atoms with E-state index in [-0.39, 0.29) is 0 Å². The lowest BCUT2D eigenvalue weighted by molar-refractivity contribution is 0.482. The lowest BCUT2D eigenvalue weighted by Crippen LogP contribution is -1.93. The lowest BCUT2D eigenvalue weighted by atomic mass is 10.0. The molecule has 3 heteroatoms. The Kier molecular flexibility index (Phi) is 3.72. The number of ether oxygens (including phenoxy) is 1. The first-order chi connectivity index (χ1) is 9.10. The van der Waals surface area contributed by atoms with Crippen molar-refractivity contribution in [1.82, 2.24) is 0 Å². The minimum Gasteiger partial charge on any atom is -0.457 e. The van der Waals surface area contributed by atoms with E-state index in [1.165, 1.54) is 5.56 Å². The van der Waals surface area contributed by atoms with Gasteiger partial charge in [0.25, 0.3) is 0 Å². The molecular formula is C16H16N2O. The molecule has 3 nitrogen and oxygen atoms in total. The Balaban J connectivity index is 2.24. The molecule has 0 heterocycles. The highest BCUT2D eigenvalue weighted by Crippen LogP contribution is 2.27. The summed E-state index contributed by atoms with van der Waals surface area (Å²) in [6.07, 6.45) is 0. The molecule has 0 aliphatic carbocycles. The van der Waals surface area contributed by atoms with Crippen LogP contribution in [0, 0.1) is 11.3 Å². The summed E-state index contributed by atoms with van der Waals surface area (Å²) in [7, 11) is 0. The molecule has 0 unspecified atom stereocenters. The van der Waals surface area contributed by atoms with Gasteiger partial charge in [-0.3, -0.25) is 0 Å². The molecule has 0 radical (unpaired) electrons. The average molecular weight is 252 g/mol. The predicted molar refractivity (Wildman–Crippen MR) is 76.2 cm³/mol. The molecule has 96 valence electrons. The second-order valence-corrected chi connectivity index (χ2v) is 4.69. The van der Waals surface area contributed by atoms with Crippen LogP contribution >= 0.6 is 0 Å². The number of nitrogens with zero attached hydrogens (tertiary/aromatic N) is 1. The molecule has 2 rings (SSSR count). The van der Waals surface area contributed by atoms with Gasteiger partial charge >= 0.3 is 0 Å². The normalized spacial score (nSPS) is 10.2. The van der Waals surface area contributed by atoms with Gasteiger partial charge in [-0.1, -0.05) is 26.0 Å². The molecule has 0 fully saturated rings. The maximum atomic E-state index is 8.83. The molecule has 0 spiro atoms. The van der Waals surface area contributed by atoms with Gasteiger partial charge in [-0.15, -0.1) is 0 Å². The first kappa shape index (κ1) is 13.0. The van der Waals surface area contributed by atoms with Crippen molar-refractivity contribution >= 4 is 5.69 Å². The van der Waals surface area contributed by atoms with Crippen molar-refractivity contribution in [3.63, 3.8) is 0 Å². The number of rotatable bonds is 3. The molecule has 2 aromatic carbocycles. The first-order valence-electron chi connectivity index (χ1n) is 6.17. The highest BCUT2D eigenvalue weighted by molar-refractivity contribution is 5.57. The van der Waals surface area contributed by atoms with E-state index in [1.807, 2.05) is 24.3 Å². The molecule has 2 N–H and O–H groups in total. The van der Waals surface area contributed by atoms with Crippen LogP contribution in [-0.4, -0.2) is 0 Å². The summed E-state index contributed by atoms with van der Waals surface area (Å²) in [6, 6.07) is 15.1. The van der Waals surface area contributed by atoms with Gasteiger partial charge in [0.1, 0.15) is 17.6 Å². The number of nitriles is 1. The fourth-order valence-electron chi connectivity index (χ4n) is 1.78. The lowest BCUT2D eigenvalue weighted by Gasteiger charge is -2.10. The van der Waals surface area contributed by atoms with Crippen LogP contribution in [0.5, 0.6) is 11.5 Å².